The van der Waals surface area contributed by atoms with Gasteiger partial charge < -0.3 is 10.2 Å². The van der Waals surface area contributed by atoms with Crippen LogP contribution in [0.25, 0.3) is 0 Å². The van der Waals surface area contributed by atoms with E-state index in [9.17, 15) is 9.59 Å². The number of carbonyl (C=O) groups is 2. The molecule has 3 aromatic rings. The van der Waals surface area contributed by atoms with E-state index in [1.807, 2.05) is 61.5 Å². The van der Waals surface area contributed by atoms with Gasteiger partial charge in [-0.15, -0.1) is 11.8 Å². The van der Waals surface area contributed by atoms with Gasteiger partial charge in [-0.2, -0.15) is 0 Å². The molecule has 0 spiro atoms. The molecule has 0 saturated carbocycles. The predicted octanol–water partition coefficient (Wildman–Crippen LogP) is 5.78. The summed E-state index contributed by atoms with van der Waals surface area (Å²) in [6.07, 6.45) is 0.378. The topological polar surface area (TPSA) is 49.4 Å². The smallest absolute Gasteiger partial charge is 0.242 e. The van der Waals surface area contributed by atoms with Crippen LogP contribution in [0.5, 0.6) is 0 Å². The lowest BCUT2D eigenvalue weighted by atomic mass is 10.0. The molecule has 1 N–H and O–H groups in total. The monoisotopic (exact) mass is 500 g/mol. The number of amides is 2. The van der Waals surface area contributed by atoms with Gasteiger partial charge in [0, 0.05) is 40.5 Å². The molecule has 4 nitrogen and oxygen atoms in total. The fourth-order valence-corrected chi connectivity index (χ4v) is 4.74. The Balaban J connectivity index is 1.91. The van der Waals surface area contributed by atoms with Crippen molar-refractivity contribution in [3.05, 3.63) is 99.5 Å². The van der Waals surface area contributed by atoms with E-state index in [-0.39, 0.29) is 24.1 Å². The molecule has 0 aliphatic rings. The highest BCUT2D eigenvalue weighted by Crippen LogP contribution is 2.28. The fraction of sp³-hybridized carbons (Fsp3) is 0.231. The second-order valence-electron chi connectivity index (χ2n) is 7.64. The van der Waals surface area contributed by atoms with Gasteiger partial charge in [-0.05, 0) is 36.8 Å². The van der Waals surface area contributed by atoms with Crippen molar-refractivity contribution in [1.82, 2.24) is 10.2 Å². The summed E-state index contributed by atoms with van der Waals surface area (Å²) in [4.78, 5) is 29.0. The summed E-state index contributed by atoms with van der Waals surface area (Å²) >= 11 is 14.3. The first-order valence-electron chi connectivity index (χ1n) is 10.6. The lowest BCUT2D eigenvalue weighted by Crippen LogP contribution is -2.50. The molecule has 33 heavy (non-hydrogen) atoms. The van der Waals surface area contributed by atoms with Crippen LogP contribution in [0.1, 0.15) is 16.7 Å². The Kier molecular flexibility index (Phi) is 9.24. The minimum atomic E-state index is -0.712. The van der Waals surface area contributed by atoms with Crippen LogP contribution in [-0.4, -0.2) is 35.6 Å². The Hall–Kier alpha value is -2.47. The number of hydrogen-bond acceptors (Lipinski definition) is 3. The molecule has 2 amide bonds. The van der Waals surface area contributed by atoms with Crippen molar-refractivity contribution in [2.75, 3.05) is 12.8 Å². The van der Waals surface area contributed by atoms with E-state index in [2.05, 4.69) is 5.32 Å². The average molecular weight is 501 g/mol. The standard InChI is InChI=1S/C26H26Cl2N2O2S/c1-18-11-13-20(14-12-18)33-17-25(31)30(16-21-22(27)9-6-10-23(21)28)24(26(32)29-2)15-19-7-4-3-5-8-19/h3-14,24H,15-17H2,1-2H3,(H,29,32)/t24-/m1/s1. The fourth-order valence-electron chi connectivity index (χ4n) is 3.44. The number of nitrogens with zero attached hydrogens (tertiary/aromatic N) is 1. The summed E-state index contributed by atoms with van der Waals surface area (Å²) in [5.41, 5.74) is 2.74. The molecule has 7 heteroatoms. The molecule has 3 aromatic carbocycles. The molecule has 0 fully saturated rings. The van der Waals surface area contributed by atoms with Crippen molar-refractivity contribution in [1.29, 1.82) is 0 Å². The van der Waals surface area contributed by atoms with Crippen LogP contribution < -0.4 is 5.32 Å². The molecule has 172 valence electrons. The molecule has 0 bridgehead atoms. The number of thioether (sulfide) groups is 1. The highest BCUT2D eigenvalue weighted by atomic mass is 35.5. The third-order valence-electron chi connectivity index (χ3n) is 5.29. The highest BCUT2D eigenvalue weighted by molar-refractivity contribution is 8.00. The molecular weight excluding hydrogens is 475 g/mol. The van der Waals surface area contributed by atoms with Gasteiger partial charge in [-0.3, -0.25) is 9.59 Å². The van der Waals surface area contributed by atoms with Crippen molar-refractivity contribution >= 4 is 46.8 Å². The normalized spacial score (nSPS) is 11.6. The number of carbonyl (C=O) groups excluding carboxylic acids is 2. The zero-order chi connectivity index (χ0) is 23.8. The van der Waals surface area contributed by atoms with Crippen LogP contribution in [0.15, 0.2) is 77.7 Å². The van der Waals surface area contributed by atoms with E-state index < -0.39 is 6.04 Å². The number of hydrogen-bond donors (Lipinski definition) is 1. The molecule has 0 radical (unpaired) electrons. The van der Waals surface area contributed by atoms with E-state index in [1.54, 1.807) is 30.1 Å². The zero-order valence-electron chi connectivity index (χ0n) is 18.6. The van der Waals surface area contributed by atoms with Gasteiger partial charge in [0.2, 0.25) is 11.8 Å². The van der Waals surface area contributed by atoms with Crippen molar-refractivity contribution in [2.45, 2.75) is 30.8 Å². The average Bonchev–Trinajstić information content (AvgIpc) is 2.82. The first-order valence-corrected chi connectivity index (χ1v) is 12.3. The van der Waals surface area contributed by atoms with Crippen LogP contribution in [0, 0.1) is 6.92 Å². The molecule has 0 heterocycles. The lowest BCUT2D eigenvalue weighted by molar-refractivity contribution is -0.139. The van der Waals surface area contributed by atoms with Gasteiger partial charge >= 0.3 is 0 Å². The summed E-state index contributed by atoms with van der Waals surface area (Å²) in [5.74, 6) is -0.218. The van der Waals surface area contributed by atoms with Crippen LogP contribution >= 0.6 is 35.0 Å². The van der Waals surface area contributed by atoms with E-state index >= 15 is 0 Å². The zero-order valence-corrected chi connectivity index (χ0v) is 20.9. The van der Waals surface area contributed by atoms with Gasteiger partial charge in [0.05, 0.1) is 5.75 Å². The Morgan fingerprint density at radius 1 is 0.939 bits per heavy atom. The van der Waals surface area contributed by atoms with E-state index in [0.29, 0.717) is 22.0 Å². The summed E-state index contributed by atoms with van der Waals surface area (Å²) in [6.45, 7) is 2.16. The Morgan fingerprint density at radius 2 is 1.58 bits per heavy atom. The summed E-state index contributed by atoms with van der Waals surface area (Å²) in [6, 6.07) is 22.2. The summed E-state index contributed by atoms with van der Waals surface area (Å²) in [5, 5.41) is 3.63. The first-order chi connectivity index (χ1) is 15.9. The van der Waals surface area contributed by atoms with Crippen molar-refractivity contribution in [2.24, 2.45) is 0 Å². The lowest BCUT2D eigenvalue weighted by Gasteiger charge is -2.31. The number of aryl methyl sites for hydroxylation is 1. The summed E-state index contributed by atoms with van der Waals surface area (Å²) < 4.78 is 0. The Labute approximate surface area is 209 Å². The van der Waals surface area contributed by atoms with E-state index in [4.69, 9.17) is 23.2 Å². The maximum Gasteiger partial charge on any atom is 0.242 e. The van der Waals surface area contributed by atoms with Gasteiger partial charge in [0.1, 0.15) is 6.04 Å². The SMILES string of the molecule is CNC(=O)[C@@H](Cc1ccccc1)N(Cc1c(Cl)cccc1Cl)C(=O)CSc1ccc(C)cc1. The molecule has 3 rings (SSSR count). The molecule has 0 aliphatic carbocycles. The van der Waals surface area contributed by atoms with Crippen LogP contribution in [0.4, 0.5) is 0 Å². The van der Waals surface area contributed by atoms with Gasteiger partial charge in [0.25, 0.3) is 0 Å². The van der Waals surface area contributed by atoms with Crippen molar-refractivity contribution in [3.63, 3.8) is 0 Å². The van der Waals surface area contributed by atoms with Crippen LogP contribution in [0.3, 0.4) is 0 Å². The van der Waals surface area contributed by atoms with Crippen LogP contribution in [0.2, 0.25) is 10.0 Å². The third kappa shape index (κ3) is 7.00. The minimum absolute atomic E-state index is 0.136. The number of nitrogens with one attached hydrogen (secondary N) is 1. The second kappa shape index (κ2) is 12.1. The van der Waals surface area contributed by atoms with E-state index in [1.165, 1.54) is 11.8 Å². The number of likely N-dealkylation sites (N-methyl/N-ethyl adjacent to an activating group) is 1. The van der Waals surface area contributed by atoms with Crippen molar-refractivity contribution < 1.29 is 9.59 Å². The number of rotatable bonds is 9. The Morgan fingerprint density at radius 3 is 2.18 bits per heavy atom. The molecule has 0 saturated heterocycles. The first kappa shape index (κ1) is 25.2. The molecule has 0 unspecified atom stereocenters. The molecule has 1 atom stereocenters. The number of halogens is 2. The highest BCUT2D eigenvalue weighted by Gasteiger charge is 2.30. The molecular formula is C26H26Cl2N2O2S. The molecule has 0 aromatic heterocycles. The van der Waals surface area contributed by atoms with Crippen LogP contribution in [-0.2, 0) is 22.6 Å². The maximum absolute atomic E-state index is 13.5. The quantitative estimate of drug-likeness (QED) is 0.378. The Bertz CT molecular complexity index is 1070. The van der Waals surface area contributed by atoms with Gasteiger partial charge in [-0.25, -0.2) is 0 Å². The largest absolute Gasteiger partial charge is 0.357 e. The van der Waals surface area contributed by atoms with Crippen molar-refractivity contribution in [3.8, 4) is 0 Å². The van der Waals surface area contributed by atoms with Gasteiger partial charge in [0.15, 0.2) is 0 Å². The summed E-state index contributed by atoms with van der Waals surface area (Å²) in [7, 11) is 1.58. The maximum atomic E-state index is 13.5. The second-order valence-corrected chi connectivity index (χ2v) is 9.51. The minimum Gasteiger partial charge on any atom is -0.357 e. The van der Waals surface area contributed by atoms with Gasteiger partial charge in [-0.1, -0.05) is 77.3 Å². The third-order valence-corrected chi connectivity index (χ3v) is 7.00. The van der Waals surface area contributed by atoms with E-state index in [0.717, 1.165) is 16.0 Å². The predicted molar refractivity (Wildman–Crippen MR) is 137 cm³/mol. The number of benzene rings is 3. The molecule has 0 aliphatic heterocycles.